The van der Waals surface area contributed by atoms with E-state index in [0.29, 0.717) is 30.8 Å². The predicted octanol–water partition coefficient (Wildman–Crippen LogP) is 2.69. The lowest BCUT2D eigenvalue weighted by molar-refractivity contribution is -0.137. The van der Waals surface area contributed by atoms with Gasteiger partial charge >= 0.3 is 6.18 Å². The van der Waals surface area contributed by atoms with Gasteiger partial charge in [0, 0.05) is 19.1 Å². The first kappa shape index (κ1) is 22.9. The lowest BCUT2D eigenvalue weighted by Crippen LogP contribution is -2.46. The number of nitrogens with two attached hydrogens (primary N) is 1. The molecule has 0 saturated carbocycles. The van der Waals surface area contributed by atoms with E-state index in [-0.39, 0.29) is 29.9 Å². The molecule has 0 radical (unpaired) electrons. The summed E-state index contributed by atoms with van der Waals surface area (Å²) in [5.41, 5.74) is 4.56. The Labute approximate surface area is 191 Å². The summed E-state index contributed by atoms with van der Waals surface area (Å²) >= 11 is 1.34. The first-order chi connectivity index (χ1) is 15.7. The molecule has 0 atom stereocenters. The summed E-state index contributed by atoms with van der Waals surface area (Å²) in [6.45, 7) is 1.40. The summed E-state index contributed by atoms with van der Waals surface area (Å²) in [6, 6.07) is 8.13. The minimum atomic E-state index is -4.51. The second-order valence-electron chi connectivity index (χ2n) is 7.69. The molecule has 0 spiro atoms. The molecule has 1 saturated heterocycles. The number of halogens is 3. The maximum Gasteiger partial charge on any atom is 0.416 e. The summed E-state index contributed by atoms with van der Waals surface area (Å²) in [7, 11) is 0. The minimum Gasteiger partial charge on any atom is -0.369 e. The Bertz CT molecular complexity index is 1140. The normalized spacial score (nSPS) is 15.5. The molecule has 1 aliphatic rings. The molecule has 1 fully saturated rings. The first-order valence-corrected chi connectivity index (χ1v) is 11.1. The van der Waals surface area contributed by atoms with Gasteiger partial charge in [0.1, 0.15) is 0 Å². The number of aromatic nitrogens is 3. The molecule has 3 heterocycles. The number of hydrogen-bond donors (Lipinski definition) is 2. The fraction of sp³-hybridized carbons (Fsp3) is 0.333. The number of alkyl halides is 3. The molecule has 0 aliphatic carbocycles. The number of amides is 2. The zero-order valence-electron chi connectivity index (χ0n) is 17.4. The quantitative estimate of drug-likeness (QED) is 0.567. The summed E-state index contributed by atoms with van der Waals surface area (Å²) in [6.07, 6.45) is -3.25. The second kappa shape index (κ2) is 9.32. The smallest absolute Gasteiger partial charge is 0.369 e. The monoisotopic (exact) mass is 478 g/mol. The van der Waals surface area contributed by atoms with Crippen molar-refractivity contribution in [2.75, 3.05) is 19.6 Å². The molecule has 2 amide bonds. The van der Waals surface area contributed by atoms with Crippen LogP contribution in [0, 0.1) is 0 Å². The van der Waals surface area contributed by atoms with Gasteiger partial charge in [0.2, 0.25) is 11.7 Å². The molecule has 1 aromatic carbocycles. The van der Waals surface area contributed by atoms with Crippen molar-refractivity contribution in [1.82, 2.24) is 25.0 Å². The Hall–Kier alpha value is -3.25. The average Bonchev–Trinajstić information content (AvgIpc) is 3.44. The van der Waals surface area contributed by atoms with E-state index in [1.807, 2.05) is 4.90 Å². The molecule has 8 nitrogen and oxygen atoms in total. The maximum absolute atomic E-state index is 13.2. The number of rotatable bonds is 6. The van der Waals surface area contributed by atoms with Crippen LogP contribution in [0.15, 0.2) is 41.8 Å². The Morgan fingerprint density at radius 1 is 1.18 bits per heavy atom. The van der Waals surface area contributed by atoms with Gasteiger partial charge in [-0.25, -0.2) is 9.67 Å². The standard InChI is InChI=1S/C21H21F3N6O2S/c22-21(23,24)13-3-1-4-15(11-13)30-19(16-5-2-10-33-16)27-18(28-30)20(32)26-14-6-8-29(9-7-14)12-17(25)31/h1-5,10-11,14H,6-9,12H2,(H2,25,31)(H,26,32). The number of nitrogens with one attached hydrogen (secondary N) is 1. The molecular formula is C21H21F3N6O2S. The third kappa shape index (κ3) is 5.40. The van der Waals surface area contributed by atoms with Crippen LogP contribution in [0.2, 0.25) is 0 Å². The van der Waals surface area contributed by atoms with Crippen LogP contribution < -0.4 is 11.1 Å². The number of likely N-dealkylation sites (tertiary alicyclic amines) is 1. The zero-order chi connectivity index (χ0) is 23.6. The van der Waals surface area contributed by atoms with Crippen molar-refractivity contribution >= 4 is 23.2 Å². The van der Waals surface area contributed by atoms with Crippen LogP contribution in [0.1, 0.15) is 29.0 Å². The molecule has 3 N–H and O–H groups in total. The molecule has 2 aromatic heterocycles. The lowest BCUT2D eigenvalue weighted by atomic mass is 10.1. The highest BCUT2D eigenvalue weighted by molar-refractivity contribution is 7.13. The van der Waals surface area contributed by atoms with Crippen LogP contribution in [-0.2, 0) is 11.0 Å². The Balaban J connectivity index is 1.57. The van der Waals surface area contributed by atoms with Crippen LogP contribution in [0.5, 0.6) is 0 Å². The van der Waals surface area contributed by atoms with Crippen LogP contribution in [0.4, 0.5) is 13.2 Å². The summed E-state index contributed by atoms with van der Waals surface area (Å²) < 4.78 is 40.9. The summed E-state index contributed by atoms with van der Waals surface area (Å²) in [5, 5.41) is 8.93. The number of thiophene rings is 1. The van der Waals surface area contributed by atoms with Crippen molar-refractivity contribution in [1.29, 1.82) is 0 Å². The van der Waals surface area contributed by atoms with Gasteiger partial charge in [-0.2, -0.15) is 13.2 Å². The minimum absolute atomic E-state index is 0.129. The van der Waals surface area contributed by atoms with Crippen molar-refractivity contribution in [2.24, 2.45) is 5.73 Å². The SMILES string of the molecule is NC(=O)CN1CCC(NC(=O)c2nc(-c3cccs3)n(-c3cccc(C(F)(F)F)c3)n2)CC1. The lowest BCUT2D eigenvalue weighted by Gasteiger charge is -2.31. The molecule has 3 aromatic rings. The molecule has 4 rings (SSSR count). The van der Waals surface area contributed by atoms with E-state index in [1.165, 1.54) is 28.2 Å². The van der Waals surface area contributed by atoms with Crippen molar-refractivity contribution in [3.63, 3.8) is 0 Å². The second-order valence-corrected chi connectivity index (χ2v) is 8.63. The van der Waals surface area contributed by atoms with E-state index >= 15 is 0 Å². The number of hydrogen-bond acceptors (Lipinski definition) is 6. The average molecular weight is 479 g/mol. The predicted molar refractivity (Wildman–Crippen MR) is 116 cm³/mol. The van der Waals surface area contributed by atoms with E-state index in [0.717, 1.165) is 12.1 Å². The van der Waals surface area contributed by atoms with Crippen LogP contribution in [0.25, 0.3) is 16.4 Å². The Morgan fingerprint density at radius 3 is 2.58 bits per heavy atom. The highest BCUT2D eigenvalue weighted by Gasteiger charge is 2.31. The fourth-order valence-electron chi connectivity index (χ4n) is 3.67. The van der Waals surface area contributed by atoms with E-state index in [4.69, 9.17) is 5.73 Å². The number of carbonyl (C=O) groups excluding carboxylic acids is 2. The van der Waals surface area contributed by atoms with Crippen LogP contribution in [-0.4, -0.2) is 57.2 Å². The summed E-state index contributed by atoms with van der Waals surface area (Å²) in [5.74, 6) is -0.754. The van der Waals surface area contributed by atoms with E-state index in [1.54, 1.807) is 17.5 Å². The van der Waals surface area contributed by atoms with Gasteiger partial charge in [0.15, 0.2) is 5.82 Å². The van der Waals surface area contributed by atoms with E-state index in [9.17, 15) is 22.8 Å². The van der Waals surface area contributed by atoms with Gasteiger partial charge in [0.05, 0.1) is 22.7 Å². The van der Waals surface area contributed by atoms with Gasteiger partial charge in [-0.05, 0) is 42.5 Å². The molecule has 1 aliphatic heterocycles. The van der Waals surface area contributed by atoms with Gasteiger partial charge in [-0.15, -0.1) is 16.4 Å². The Kier molecular flexibility index (Phi) is 6.47. The highest BCUT2D eigenvalue weighted by atomic mass is 32.1. The van der Waals surface area contributed by atoms with Crippen molar-refractivity contribution in [3.05, 3.63) is 53.2 Å². The molecule has 0 unspecified atom stereocenters. The molecule has 12 heteroatoms. The van der Waals surface area contributed by atoms with Gasteiger partial charge < -0.3 is 11.1 Å². The van der Waals surface area contributed by atoms with Gasteiger partial charge in [-0.3, -0.25) is 14.5 Å². The van der Waals surface area contributed by atoms with Gasteiger partial charge in [-0.1, -0.05) is 12.1 Å². The number of primary amides is 1. The molecule has 0 bridgehead atoms. The molecule has 33 heavy (non-hydrogen) atoms. The third-order valence-corrected chi connectivity index (χ3v) is 6.14. The van der Waals surface area contributed by atoms with Crippen molar-refractivity contribution in [3.8, 4) is 16.4 Å². The van der Waals surface area contributed by atoms with Gasteiger partial charge in [0.25, 0.3) is 5.91 Å². The molecular weight excluding hydrogens is 457 g/mol. The third-order valence-electron chi connectivity index (χ3n) is 5.27. The van der Waals surface area contributed by atoms with Crippen LogP contribution in [0.3, 0.4) is 0 Å². The zero-order valence-corrected chi connectivity index (χ0v) is 18.2. The fourth-order valence-corrected chi connectivity index (χ4v) is 4.37. The largest absolute Gasteiger partial charge is 0.416 e. The number of piperidine rings is 1. The van der Waals surface area contributed by atoms with Crippen molar-refractivity contribution in [2.45, 2.75) is 25.1 Å². The molecule has 174 valence electrons. The van der Waals surface area contributed by atoms with Crippen LogP contribution >= 0.6 is 11.3 Å². The van der Waals surface area contributed by atoms with E-state index < -0.39 is 23.6 Å². The summed E-state index contributed by atoms with van der Waals surface area (Å²) in [4.78, 5) is 30.8. The topological polar surface area (TPSA) is 106 Å². The maximum atomic E-state index is 13.2. The first-order valence-electron chi connectivity index (χ1n) is 10.2. The van der Waals surface area contributed by atoms with Crippen molar-refractivity contribution < 1.29 is 22.8 Å². The number of nitrogens with zero attached hydrogens (tertiary/aromatic N) is 4. The highest BCUT2D eigenvalue weighted by Crippen LogP contribution is 2.32. The van der Waals surface area contributed by atoms with E-state index in [2.05, 4.69) is 15.4 Å². The Morgan fingerprint density at radius 2 is 1.94 bits per heavy atom. The number of carbonyl (C=O) groups is 2. The number of benzene rings is 1.